The fourth-order valence-corrected chi connectivity index (χ4v) is 5.69. The number of hydrogen-bond donors (Lipinski definition) is 1. The van der Waals surface area contributed by atoms with E-state index >= 15 is 0 Å². The van der Waals surface area contributed by atoms with Crippen LogP contribution in [0.3, 0.4) is 0 Å². The Balaban J connectivity index is 1.51. The van der Waals surface area contributed by atoms with Crippen LogP contribution >= 0.6 is 35.3 Å². The van der Waals surface area contributed by atoms with Crippen molar-refractivity contribution in [3.8, 4) is 0 Å². The number of aromatic nitrogens is 2. The number of thioether (sulfide) groups is 1. The molecule has 0 spiro atoms. The summed E-state index contributed by atoms with van der Waals surface area (Å²) in [5, 5.41) is 7.77. The summed E-state index contributed by atoms with van der Waals surface area (Å²) in [7, 11) is 0. The Morgan fingerprint density at radius 3 is 2.68 bits per heavy atom. The van der Waals surface area contributed by atoms with Gasteiger partial charge < -0.3 is 15.0 Å². The molecular formula is C20H33N5O3S3. The Labute approximate surface area is 197 Å². The summed E-state index contributed by atoms with van der Waals surface area (Å²) in [4.78, 5) is 29.3. The van der Waals surface area contributed by atoms with Crippen LogP contribution in [0, 0.1) is 9.87 Å². The van der Waals surface area contributed by atoms with Gasteiger partial charge in [-0.3, -0.25) is 9.69 Å². The second kappa shape index (κ2) is 10.6. The zero-order valence-electron chi connectivity index (χ0n) is 18.8. The highest BCUT2D eigenvalue weighted by atomic mass is 32.2. The summed E-state index contributed by atoms with van der Waals surface area (Å²) in [6, 6.07) is 0.103. The van der Waals surface area contributed by atoms with E-state index in [1.165, 1.54) is 11.3 Å². The number of ether oxygens (including phenoxy) is 1. The Kier molecular flexibility index (Phi) is 8.39. The second-order valence-electron chi connectivity index (χ2n) is 9.17. The molecule has 2 atom stereocenters. The molecular weight excluding hydrogens is 454 g/mol. The third kappa shape index (κ3) is 7.16. The molecule has 2 aliphatic rings. The van der Waals surface area contributed by atoms with Crippen LogP contribution in [0.4, 0.5) is 4.79 Å². The lowest BCUT2D eigenvalue weighted by Crippen LogP contribution is -2.52. The van der Waals surface area contributed by atoms with E-state index in [4.69, 9.17) is 17.0 Å². The first-order valence-electron chi connectivity index (χ1n) is 10.8. The first kappa shape index (κ1) is 24.5. The molecule has 0 saturated carbocycles. The Hall–Kier alpha value is -1.17. The van der Waals surface area contributed by atoms with E-state index in [-0.39, 0.29) is 24.0 Å². The molecule has 2 saturated heterocycles. The number of rotatable bonds is 5. The molecule has 2 amide bonds. The number of likely N-dealkylation sites (tertiary alicyclic amines) is 2. The Morgan fingerprint density at radius 1 is 1.26 bits per heavy atom. The van der Waals surface area contributed by atoms with E-state index in [1.54, 1.807) is 16.7 Å². The molecule has 31 heavy (non-hydrogen) atoms. The highest BCUT2D eigenvalue weighted by molar-refractivity contribution is 8.00. The van der Waals surface area contributed by atoms with E-state index < -0.39 is 5.60 Å². The van der Waals surface area contributed by atoms with Crippen molar-refractivity contribution in [3.63, 3.8) is 0 Å². The number of carbonyl (C=O) groups excluding carboxylic acids is 2. The van der Waals surface area contributed by atoms with Gasteiger partial charge in [-0.2, -0.15) is 5.10 Å². The average molecular weight is 488 g/mol. The summed E-state index contributed by atoms with van der Waals surface area (Å²) in [5.41, 5.74) is -0.533. The average Bonchev–Trinajstić information content (AvgIpc) is 3.06. The molecule has 1 aromatic heterocycles. The maximum absolute atomic E-state index is 12.9. The van der Waals surface area contributed by atoms with E-state index in [9.17, 15) is 9.59 Å². The van der Waals surface area contributed by atoms with Gasteiger partial charge in [0.15, 0.2) is 8.29 Å². The molecule has 8 nitrogen and oxygen atoms in total. The van der Waals surface area contributed by atoms with Crippen LogP contribution in [0.1, 0.15) is 46.5 Å². The molecule has 1 N–H and O–H groups in total. The predicted octanol–water partition coefficient (Wildman–Crippen LogP) is 3.58. The quantitative estimate of drug-likeness (QED) is 0.502. The summed E-state index contributed by atoms with van der Waals surface area (Å²) in [6.45, 7) is 9.03. The van der Waals surface area contributed by atoms with Gasteiger partial charge in [0.05, 0.1) is 12.6 Å². The lowest BCUT2D eigenvalue weighted by Gasteiger charge is -2.36. The number of nitrogens with zero attached hydrogens (tertiary/aromatic N) is 4. The van der Waals surface area contributed by atoms with Crippen molar-refractivity contribution in [3.05, 3.63) is 3.95 Å². The third-order valence-corrected chi connectivity index (χ3v) is 7.68. The van der Waals surface area contributed by atoms with Crippen molar-refractivity contribution in [2.24, 2.45) is 5.92 Å². The van der Waals surface area contributed by atoms with Gasteiger partial charge >= 0.3 is 6.09 Å². The summed E-state index contributed by atoms with van der Waals surface area (Å²) < 4.78 is 9.10. The van der Waals surface area contributed by atoms with Gasteiger partial charge in [-0.15, -0.1) is 0 Å². The van der Waals surface area contributed by atoms with Crippen LogP contribution < -0.4 is 5.32 Å². The third-order valence-electron chi connectivity index (χ3n) is 5.39. The van der Waals surface area contributed by atoms with E-state index in [0.29, 0.717) is 19.8 Å². The number of carbonyl (C=O) groups is 2. The minimum absolute atomic E-state index is 0.0371. The van der Waals surface area contributed by atoms with Crippen LogP contribution in [-0.2, 0) is 16.2 Å². The van der Waals surface area contributed by atoms with Crippen molar-refractivity contribution >= 4 is 47.3 Å². The topological polar surface area (TPSA) is 79.7 Å². The van der Waals surface area contributed by atoms with Crippen LogP contribution in [0.25, 0.3) is 0 Å². The van der Waals surface area contributed by atoms with Crippen LogP contribution in [0.2, 0.25) is 0 Å². The SMILES string of the molecule is CSc1nn(CN2CCC[C@H](NC(=O)[C@H]3CCCN(C(=O)OC(C)(C)C)C3)C2)c(=S)s1. The van der Waals surface area contributed by atoms with E-state index in [0.717, 1.165) is 47.1 Å². The number of hydrogen-bond acceptors (Lipinski definition) is 8. The molecule has 11 heteroatoms. The Bertz CT molecular complexity index is 835. The van der Waals surface area contributed by atoms with Crippen LogP contribution in [0.5, 0.6) is 0 Å². The molecule has 3 heterocycles. The van der Waals surface area contributed by atoms with Gasteiger partial charge in [0.1, 0.15) is 5.60 Å². The maximum atomic E-state index is 12.9. The molecule has 2 aliphatic heterocycles. The van der Waals surface area contributed by atoms with Gasteiger partial charge in [0, 0.05) is 32.2 Å². The molecule has 0 aliphatic carbocycles. The fraction of sp³-hybridized carbons (Fsp3) is 0.800. The number of amides is 2. The van der Waals surface area contributed by atoms with Crippen LogP contribution in [0.15, 0.2) is 4.34 Å². The van der Waals surface area contributed by atoms with Crippen molar-refractivity contribution in [1.29, 1.82) is 0 Å². The highest BCUT2D eigenvalue weighted by Crippen LogP contribution is 2.22. The first-order valence-corrected chi connectivity index (χ1v) is 13.2. The van der Waals surface area contributed by atoms with Gasteiger partial charge in [-0.1, -0.05) is 23.1 Å². The summed E-state index contributed by atoms with van der Waals surface area (Å²) >= 11 is 8.56. The molecule has 0 radical (unpaired) electrons. The van der Waals surface area contributed by atoms with Gasteiger partial charge in [0.2, 0.25) is 5.91 Å². The first-order chi connectivity index (χ1) is 14.6. The molecule has 0 bridgehead atoms. The summed E-state index contributed by atoms with van der Waals surface area (Å²) in [6.07, 6.45) is 5.26. The standard InChI is InChI=1S/C20H33N5O3S3/c1-20(2,3)28-18(27)24-10-5-7-14(11-24)16(26)21-15-8-6-9-23(12-15)13-25-19(29)31-17(22-25)30-4/h14-15H,5-13H2,1-4H3,(H,21,26)/t14-,15-/m0/s1. The molecule has 0 unspecified atom stereocenters. The van der Waals surface area contributed by atoms with Gasteiger partial charge in [-0.25, -0.2) is 9.48 Å². The monoisotopic (exact) mass is 487 g/mol. The highest BCUT2D eigenvalue weighted by Gasteiger charge is 2.32. The maximum Gasteiger partial charge on any atom is 0.410 e. The smallest absolute Gasteiger partial charge is 0.410 e. The normalized spacial score (nSPS) is 22.9. The zero-order chi connectivity index (χ0) is 22.6. The van der Waals surface area contributed by atoms with Crippen molar-refractivity contribution in [2.45, 2.75) is 69.1 Å². The largest absolute Gasteiger partial charge is 0.444 e. The molecule has 1 aromatic rings. The van der Waals surface area contributed by atoms with E-state index in [2.05, 4.69) is 15.3 Å². The molecule has 174 valence electrons. The van der Waals surface area contributed by atoms with Crippen LogP contribution in [-0.4, -0.2) is 75.7 Å². The zero-order valence-corrected chi connectivity index (χ0v) is 21.2. The van der Waals surface area contributed by atoms with E-state index in [1.807, 2.05) is 31.7 Å². The van der Waals surface area contributed by atoms with Crippen molar-refractivity contribution in [1.82, 2.24) is 24.9 Å². The predicted molar refractivity (Wildman–Crippen MR) is 126 cm³/mol. The van der Waals surface area contributed by atoms with Gasteiger partial charge in [-0.05, 0) is 64.9 Å². The molecule has 3 rings (SSSR count). The van der Waals surface area contributed by atoms with Crippen molar-refractivity contribution < 1.29 is 14.3 Å². The minimum atomic E-state index is -0.533. The second-order valence-corrected chi connectivity index (χ2v) is 11.8. The van der Waals surface area contributed by atoms with Gasteiger partial charge in [0.25, 0.3) is 0 Å². The minimum Gasteiger partial charge on any atom is -0.444 e. The molecule has 2 fully saturated rings. The Morgan fingerprint density at radius 2 is 2.00 bits per heavy atom. The number of nitrogens with one attached hydrogen (secondary N) is 1. The molecule has 0 aromatic carbocycles. The van der Waals surface area contributed by atoms with Crippen molar-refractivity contribution in [2.75, 3.05) is 32.4 Å². The number of piperidine rings is 2. The summed E-state index contributed by atoms with van der Waals surface area (Å²) in [5.74, 6) is -0.150. The fourth-order valence-electron chi connectivity index (χ4n) is 3.95. The lowest BCUT2D eigenvalue weighted by molar-refractivity contribution is -0.127. The lowest BCUT2D eigenvalue weighted by atomic mass is 9.96.